The molecule has 0 heterocycles. The third-order valence-corrected chi connectivity index (χ3v) is 3.66. The summed E-state index contributed by atoms with van der Waals surface area (Å²) in [6.07, 6.45) is 8.23. The van der Waals surface area contributed by atoms with Crippen molar-refractivity contribution in [2.75, 3.05) is 13.1 Å². The van der Waals surface area contributed by atoms with Crippen LogP contribution in [0, 0.1) is 23.2 Å². The first kappa shape index (κ1) is 8.75. The average Bonchev–Trinajstić information content (AvgIpc) is 2.96. The van der Waals surface area contributed by atoms with Crippen molar-refractivity contribution in [2.45, 2.75) is 38.5 Å². The van der Waals surface area contributed by atoms with E-state index in [0.29, 0.717) is 5.92 Å². The molecule has 3 aliphatic rings. The van der Waals surface area contributed by atoms with E-state index in [2.05, 4.69) is 4.90 Å². The summed E-state index contributed by atoms with van der Waals surface area (Å²) in [7, 11) is 0. The Morgan fingerprint density at radius 1 is 0.929 bits per heavy atom. The highest BCUT2D eigenvalue weighted by Gasteiger charge is 2.35. The van der Waals surface area contributed by atoms with Gasteiger partial charge in [0.15, 0.2) is 0 Å². The van der Waals surface area contributed by atoms with E-state index in [0.717, 1.165) is 17.7 Å². The Labute approximate surface area is 86.2 Å². The normalized spacial score (nSPS) is 26.3. The van der Waals surface area contributed by atoms with Crippen LogP contribution in [0.5, 0.6) is 0 Å². The quantitative estimate of drug-likeness (QED) is 0.526. The Morgan fingerprint density at radius 2 is 1.43 bits per heavy atom. The minimum absolute atomic E-state index is 0.646. The van der Waals surface area contributed by atoms with Crippen molar-refractivity contribution in [3.05, 3.63) is 0 Å². The van der Waals surface area contributed by atoms with Gasteiger partial charge in [0.1, 0.15) is 0 Å². The highest BCUT2D eigenvalue weighted by atomic mass is 15.2. The second kappa shape index (κ2) is 3.25. The molecule has 3 saturated carbocycles. The molecule has 1 N–H and O–H groups in total. The lowest BCUT2D eigenvalue weighted by atomic mass is 10.2. The van der Waals surface area contributed by atoms with Crippen molar-refractivity contribution in [1.82, 2.24) is 4.90 Å². The van der Waals surface area contributed by atoms with Crippen LogP contribution in [-0.2, 0) is 0 Å². The van der Waals surface area contributed by atoms with Crippen molar-refractivity contribution in [3.8, 4) is 0 Å². The third-order valence-electron chi connectivity index (χ3n) is 3.66. The fourth-order valence-corrected chi connectivity index (χ4v) is 2.11. The number of amidine groups is 1. The standard InChI is InChI=1S/C12H20N2/c13-12(11-5-6-11)14(7-9-1-2-9)8-10-3-4-10/h9-11,13H,1-8H2. The van der Waals surface area contributed by atoms with Crippen LogP contribution in [0.25, 0.3) is 0 Å². The van der Waals surface area contributed by atoms with Crippen LogP contribution >= 0.6 is 0 Å². The summed E-state index contributed by atoms with van der Waals surface area (Å²) < 4.78 is 0. The van der Waals surface area contributed by atoms with Gasteiger partial charge in [0, 0.05) is 19.0 Å². The summed E-state index contributed by atoms with van der Waals surface area (Å²) in [5.74, 6) is 3.50. The molecule has 2 nitrogen and oxygen atoms in total. The second-order valence-electron chi connectivity index (χ2n) is 5.45. The maximum absolute atomic E-state index is 8.13. The van der Waals surface area contributed by atoms with Crippen molar-refractivity contribution < 1.29 is 0 Å². The van der Waals surface area contributed by atoms with Gasteiger partial charge in [-0.25, -0.2) is 0 Å². The second-order valence-corrected chi connectivity index (χ2v) is 5.45. The van der Waals surface area contributed by atoms with E-state index in [1.165, 1.54) is 51.6 Å². The largest absolute Gasteiger partial charge is 0.360 e. The summed E-state index contributed by atoms with van der Waals surface area (Å²) in [6.45, 7) is 2.40. The smallest absolute Gasteiger partial charge is 0.0989 e. The van der Waals surface area contributed by atoms with E-state index >= 15 is 0 Å². The zero-order valence-electron chi connectivity index (χ0n) is 8.84. The molecule has 78 valence electrons. The van der Waals surface area contributed by atoms with Crippen LogP contribution in [0.15, 0.2) is 0 Å². The minimum atomic E-state index is 0.646. The first-order valence-electron chi connectivity index (χ1n) is 6.16. The van der Waals surface area contributed by atoms with E-state index < -0.39 is 0 Å². The van der Waals surface area contributed by atoms with Crippen molar-refractivity contribution in [3.63, 3.8) is 0 Å². The molecule has 0 aromatic heterocycles. The number of hydrogen-bond acceptors (Lipinski definition) is 1. The summed E-state index contributed by atoms with van der Waals surface area (Å²) >= 11 is 0. The molecule has 0 aliphatic heterocycles. The molecule has 0 unspecified atom stereocenters. The molecule has 3 fully saturated rings. The SMILES string of the molecule is N=C(C1CC1)N(CC1CC1)CC1CC1. The molecular formula is C12H20N2. The highest BCUT2D eigenvalue weighted by molar-refractivity contribution is 5.83. The monoisotopic (exact) mass is 192 g/mol. The van der Waals surface area contributed by atoms with Gasteiger partial charge in [0.05, 0.1) is 5.84 Å². The van der Waals surface area contributed by atoms with Gasteiger partial charge in [0.2, 0.25) is 0 Å². The van der Waals surface area contributed by atoms with Gasteiger partial charge in [-0.2, -0.15) is 0 Å². The van der Waals surface area contributed by atoms with Crippen LogP contribution in [0.3, 0.4) is 0 Å². The molecule has 14 heavy (non-hydrogen) atoms. The molecule has 0 saturated heterocycles. The van der Waals surface area contributed by atoms with E-state index in [4.69, 9.17) is 5.41 Å². The average molecular weight is 192 g/mol. The summed E-state index contributed by atoms with van der Waals surface area (Å²) in [5.41, 5.74) is 0. The summed E-state index contributed by atoms with van der Waals surface area (Å²) in [4.78, 5) is 2.41. The molecule has 0 bridgehead atoms. The number of hydrogen-bond donors (Lipinski definition) is 1. The van der Waals surface area contributed by atoms with Gasteiger partial charge in [-0.15, -0.1) is 0 Å². The number of nitrogens with one attached hydrogen (secondary N) is 1. The van der Waals surface area contributed by atoms with Crippen LogP contribution in [0.1, 0.15) is 38.5 Å². The minimum Gasteiger partial charge on any atom is -0.360 e. The first-order chi connectivity index (χ1) is 6.83. The van der Waals surface area contributed by atoms with Crippen LogP contribution in [0.2, 0.25) is 0 Å². The Bertz CT molecular complexity index is 223. The number of rotatable bonds is 5. The molecular weight excluding hydrogens is 172 g/mol. The maximum atomic E-state index is 8.13. The molecule has 0 aromatic rings. The van der Waals surface area contributed by atoms with Gasteiger partial charge in [0.25, 0.3) is 0 Å². The molecule has 0 radical (unpaired) electrons. The van der Waals surface area contributed by atoms with E-state index in [1.807, 2.05) is 0 Å². The Hall–Kier alpha value is -0.530. The van der Waals surface area contributed by atoms with Crippen LogP contribution < -0.4 is 0 Å². The Morgan fingerprint density at radius 3 is 1.79 bits per heavy atom. The predicted octanol–water partition coefficient (Wildman–Crippen LogP) is 2.50. The maximum Gasteiger partial charge on any atom is 0.0989 e. The summed E-state index contributed by atoms with van der Waals surface area (Å²) in [6, 6.07) is 0. The third kappa shape index (κ3) is 2.10. The van der Waals surface area contributed by atoms with Gasteiger partial charge in [-0.1, -0.05) is 0 Å². The molecule has 0 atom stereocenters. The lowest BCUT2D eigenvalue weighted by molar-refractivity contribution is 0.371. The van der Waals surface area contributed by atoms with Crippen molar-refractivity contribution in [2.24, 2.45) is 17.8 Å². The Balaban J connectivity index is 1.56. The number of nitrogens with zero attached hydrogens (tertiary/aromatic N) is 1. The van der Waals surface area contributed by atoms with Crippen molar-refractivity contribution >= 4 is 5.84 Å². The van der Waals surface area contributed by atoms with Gasteiger partial charge in [-0.3, -0.25) is 5.41 Å². The predicted molar refractivity (Wildman–Crippen MR) is 57.5 cm³/mol. The molecule has 0 amide bonds. The Kier molecular flexibility index (Phi) is 2.03. The molecule has 3 aliphatic carbocycles. The summed E-state index contributed by atoms with van der Waals surface area (Å²) in [5, 5.41) is 8.13. The van der Waals surface area contributed by atoms with Gasteiger partial charge in [-0.05, 0) is 50.4 Å². The fraction of sp³-hybridized carbons (Fsp3) is 0.917. The van der Waals surface area contributed by atoms with Gasteiger partial charge >= 0.3 is 0 Å². The lowest BCUT2D eigenvalue weighted by Gasteiger charge is -2.25. The highest BCUT2D eigenvalue weighted by Crippen LogP contribution is 2.37. The van der Waals surface area contributed by atoms with Crippen LogP contribution in [0.4, 0.5) is 0 Å². The van der Waals surface area contributed by atoms with E-state index in [-0.39, 0.29) is 0 Å². The van der Waals surface area contributed by atoms with Crippen LogP contribution in [-0.4, -0.2) is 23.8 Å². The lowest BCUT2D eigenvalue weighted by Crippen LogP contribution is -2.35. The van der Waals surface area contributed by atoms with Crippen molar-refractivity contribution in [1.29, 1.82) is 5.41 Å². The molecule has 0 spiro atoms. The fourth-order valence-electron chi connectivity index (χ4n) is 2.11. The first-order valence-corrected chi connectivity index (χ1v) is 6.16. The van der Waals surface area contributed by atoms with E-state index in [1.54, 1.807) is 0 Å². The zero-order chi connectivity index (χ0) is 9.54. The molecule has 0 aromatic carbocycles. The molecule has 3 rings (SSSR count). The molecule has 2 heteroatoms. The zero-order valence-corrected chi connectivity index (χ0v) is 8.84. The van der Waals surface area contributed by atoms with E-state index in [9.17, 15) is 0 Å². The topological polar surface area (TPSA) is 27.1 Å². The van der Waals surface area contributed by atoms with Gasteiger partial charge < -0.3 is 4.90 Å².